The molecule has 15 heavy (non-hydrogen) atoms. The molecule has 0 spiro atoms. The molecule has 0 aromatic heterocycles. The van der Waals surface area contributed by atoms with Crippen LogP contribution in [0.5, 0.6) is 0 Å². The van der Waals surface area contributed by atoms with Gasteiger partial charge in [0.25, 0.3) is 0 Å². The third-order valence-corrected chi connectivity index (χ3v) is 3.40. The topological polar surface area (TPSA) is 50.4 Å². The molecule has 0 aromatic rings. The van der Waals surface area contributed by atoms with E-state index in [2.05, 4.69) is 17.6 Å². The van der Waals surface area contributed by atoms with E-state index in [-0.39, 0.29) is 11.9 Å². The van der Waals surface area contributed by atoms with Crippen molar-refractivity contribution in [2.24, 2.45) is 11.8 Å². The zero-order chi connectivity index (χ0) is 10.7. The molecular formula is C11H20N2O2. The molecule has 86 valence electrons. The molecular weight excluding hydrogens is 192 g/mol. The molecule has 3 atom stereocenters. The summed E-state index contributed by atoms with van der Waals surface area (Å²) in [6, 6.07) is 0.0207. The molecule has 3 unspecified atom stereocenters. The summed E-state index contributed by atoms with van der Waals surface area (Å²) in [6.45, 7) is 5.50. The van der Waals surface area contributed by atoms with Crippen LogP contribution in [0.15, 0.2) is 0 Å². The summed E-state index contributed by atoms with van der Waals surface area (Å²) in [6.07, 6.45) is 2.18. The Morgan fingerprint density at radius 3 is 3.00 bits per heavy atom. The van der Waals surface area contributed by atoms with Crippen molar-refractivity contribution in [3.05, 3.63) is 0 Å². The fourth-order valence-corrected chi connectivity index (χ4v) is 2.28. The Labute approximate surface area is 90.8 Å². The lowest BCUT2D eigenvalue weighted by Crippen LogP contribution is -2.44. The maximum Gasteiger partial charge on any atom is 0.237 e. The van der Waals surface area contributed by atoms with Crippen molar-refractivity contribution in [2.45, 2.75) is 25.8 Å². The molecule has 4 heteroatoms. The Hall–Kier alpha value is -0.610. The first-order valence-electron chi connectivity index (χ1n) is 5.86. The van der Waals surface area contributed by atoms with Crippen LogP contribution < -0.4 is 10.6 Å². The summed E-state index contributed by atoms with van der Waals surface area (Å²) in [5, 5.41) is 6.25. The monoisotopic (exact) mass is 212 g/mol. The van der Waals surface area contributed by atoms with E-state index in [0.29, 0.717) is 11.8 Å². The summed E-state index contributed by atoms with van der Waals surface area (Å²) in [5.74, 6) is 1.14. The van der Waals surface area contributed by atoms with Gasteiger partial charge in [0, 0.05) is 19.1 Å². The van der Waals surface area contributed by atoms with Gasteiger partial charge in [0.15, 0.2) is 0 Å². The van der Waals surface area contributed by atoms with Gasteiger partial charge in [-0.05, 0) is 25.3 Å². The van der Waals surface area contributed by atoms with Crippen LogP contribution in [-0.4, -0.2) is 38.3 Å². The van der Waals surface area contributed by atoms with Crippen LogP contribution in [0.4, 0.5) is 0 Å². The summed E-state index contributed by atoms with van der Waals surface area (Å²) >= 11 is 0. The van der Waals surface area contributed by atoms with E-state index in [1.807, 2.05) is 0 Å². The van der Waals surface area contributed by atoms with Crippen molar-refractivity contribution in [1.82, 2.24) is 10.6 Å². The van der Waals surface area contributed by atoms with Crippen molar-refractivity contribution >= 4 is 5.91 Å². The van der Waals surface area contributed by atoms with E-state index in [0.717, 1.165) is 39.1 Å². The highest BCUT2D eigenvalue weighted by molar-refractivity contribution is 5.82. The maximum absolute atomic E-state index is 11.8. The highest BCUT2D eigenvalue weighted by atomic mass is 16.5. The maximum atomic E-state index is 11.8. The molecule has 2 saturated heterocycles. The number of carbonyl (C=O) groups excluding carboxylic acids is 1. The first kappa shape index (κ1) is 10.9. The van der Waals surface area contributed by atoms with Gasteiger partial charge in [0.2, 0.25) is 5.91 Å². The van der Waals surface area contributed by atoms with Crippen LogP contribution in [-0.2, 0) is 9.53 Å². The SMILES string of the molecule is CC1CCNC1C(=O)NCC1CCOC1. The van der Waals surface area contributed by atoms with Crippen LogP contribution in [0.3, 0.4) is 0 Å². The van der Waals surface area contributed by atoms with Crippen LogP contribution in [0, 0.1) is 11.8 Å². The van der Waals surface area contributed by atoms with Crippen molar-refractivity contribution in [3.63, 3.8) is 0 Å². The van der Waals surface area contributed by atoms with E-state index in [4.69, 9.17) is 4.74 Å². The number of nitrogens with one attached hydrogen (secondary N) is 2. The zero-order valence-electron chi connectivity index (χ0n) is 9.29. The summed E-state index contributed by atoms with van der Waals surface area (Å²) < 4.78 is 5.27. The molecule has 1 amide bonds. The highest BCUT2D eigenvalue weighted by Gasteiger charge is 2.29. The smallest absolute Gasteiger partial charge is 0.237 e. The average molecular weight is 212 g/mol. The molecule has 2 aliphatic rings. The number of amides is 1. The van der Waals surface area contributed by atoms with Crippen LogP contribution in [0.2, 0.25) is 0 Å². The van der Waals surface area contributed by atoms with Crippen molar-refractivity contribution < 1.29 is 9.53 Å². The van der Waals surface area contributed by atoms with Crippen molar-refractivity contribution in [1.29, 1.82) is 0 Å². The Bertz CT molecular complexity index is 227. The van der Waals surface area contributed by atoms with Crippen molar-refractivity contribution in [2.75, 3.05) is 26.3 Å². The van der Waals surface area contributed by atoms with Crippen LogP contribution >= 0.6 is 0 Å². The second-order valence-corrected chi connectivity index (χ2v) is 4.67. The van der Waals surface area contributed by atoms with E-state index < -0.39 is 0 Å². The lowest BCUT2D eigenvalue weighted by Gasteiger charge is -2.16. The normalized spacial score (nSPS) is 35.7. The van der Waals surface area contributed by atoms with Crippen molar-refractivity contribution in [3.8, 4) is 0 Å². The summed E-state index contributed by atoms with van der Waals surface area (Å²) in [4.78, 5) is 11.8. The predicted molar refractivity (Wildman–Crippen MR) is 57.5 cm³/mol. The molecule has 0 radical (unpaired) electrons. The minimum Gasteiger partial charge on any atom is -0.381 e. The average Bonchev–Trinajstić information content (AvgIpc) is 2.84. The lowest BCUT2D eigenvalue weighted by atomic mass is 10.0. The van der Waals surface area contributed by atoms with Gasteiger partial charge in [-0.25, -0.2) is 0 Å². The second-order valence-electron chi connectivity index (χ2n) is 4.67. The first-order valence-corrected chi connectivity index (χ1v) is 5.86. The fraction of sp³-hybridized carbons (Fsp3) is 0.909. The van der Waals surface area contributed by atoms with Gasteiger partial charge in [0.1, 0.15) is 0 Å². The molecule has 0 aliphatic carbocycles. The van der Waals surface area contributed by atoms with E-state index in [1.54, 1.807) is 0 Å². The van der Waals surface area contributed by atoms with Gasteiger partial charge in [-0.15, -0.1) is 0 Å². The predicted octanol–water partition coefficient (Wildman–Crippen LogP) is 0.137. The first-order chi connectivity index (χ1) is 7.27. The van der Waals surface area contributed by atoms with Crippen LogP contribution in [0.1, 0.15) is 19.8 Å². The Morgan fingerprint density at radius 1 is 1.53 bits per heavy atom. The number of ether oxygens (including phenoxy) is 1. The van der Waals surface area contributed by atoms with Gasteiger partial charge in [-0.2, -0.15) is 0 Å². The number of carbonyl (C=O) groups is 1. The van der Waals surface area contributed by atoms with E-state index in [9.17, 15) is 4.79 Å². The molecule has 4 nitrogen and oxygen atoms in total. The van der Waals surface area contributed by atoms with Gasteiger partial charge < -0.3 is 15.4 Å². The second kappa shape index (κ2) is 4.94. The minimum atomic E-state index is 0.0207. The molecule has 0 saturated carbocycles. The lowest BCUT2D eigenvalue weighted by molar-refractivity contribution is -0.123. The molecule has 2 heterocycles. The van der Waals surface area contributed by atoms with Gasteiger partial charge in [-0.1, -0.05) is 6.92 Å². The molecule has 0 bridgehead atoms. The Kier molecular flexibility index (Phi) is 3.59. The molecule has 2 rings (SSSR count). The molecule has 0 aromatic carbocycles. The van der Waals surface area contributed by atoms with Gasteiger partial charge in [-0.3, -0.25) is 4.79 Å². The van der Waals surface area contributed by atoms with Crippen LogP contribution in [0.25, 0.3) is 0 Å². The molecule has 2 N–H and O–H groups in total. The summed E-state index contributed by atoms with van der Waals surface area (Å²) in [7, 11) is 0. The Morgan fingerprint density at radius 2 is 2.40 bits per heavy atom. The van der Waals surface area contributed by atoms with E-state index >= 15 is 0 Å². The molecule has 2 fully saturated rings. The number of hydrogen-bond donors (Lipinski definition) is 2. The minimum absolute atomic E-state index is 0.0207. The quantitative estimate of drug-likeness (QED) is 0.699. The number of rotatable bonds is 3. The van der Waals surface area contributed by atoms with Gasteiger partial charge in [0.05, 0.1) is 12.6 Å². The van der Waals surface area contributed by atoms with E-state index in [1.165, 1.54) is 0 Å². The third kappa shape index (κ3) is 2.69. The van der Waals surface area contributed by atoms with Gasteiger partial charge >= 0.3 is 0 Å². The standard InChI is InChI=1S/C11H20N2O2/c1-8-2-4-12-10(8)11(14)13-6-9-3-5-15-7-9/h8-10,12H,2-7H2,1H3,(H,13,14). The Balaban J connectivity index is 1.71. The number of hydrogen-bond acceptors (Lipinski definition) is 3. The third-order valence-electron chi connectivity index (χ3n) is 3.40. The largest absolute Gasteiger partial charge is 0.381 e. The zero-order valence-corrected chi connectivity index (χ0v) is 9.29. The summed E-state index contributed by atoms with van der Waals surface area (Å²) in [5.41, 5.74) is 0. The fourth-order valence-electron chi connectivity index (χ4n) is 2.28. The highest BCUT2D eigenvalue weighted by Crippen LogP contribution is 2.15. The molecule has 2 aliphatic heterocycles.